The second-order valence-corrected chi connectivity index (χ2v) is 4.19. The first-order chi connectivity index (χ1) is 9.29. The van der Waals surface area contributed by atoms with Gasteiger partial charge in [0.1, 0.15) is 11.5 Å². The lowest BCUT2D eigenvalue weighted by Gasteiger charge is -2.04. The van der Waals surface area contributed by atoms with Crippen molar-refractivity contribution in [1.82, 2.24) is 0 Å². The first kappa shape index (κ1) is 11.5. The summed E-state index contributed by atoms with van der Waals surface area (Å²) in [5.74, 6) is 1.01. The molecule has 3 rings (SSSR count). The molecule has 3 heteroatoms. The fourth-order valence-electron chi connectivity index (χ4n) is 2.12. The van der Waals surface area contributed by atoms with Crippen molar-refractivity contribution in [3.8, 4) is 11.5 Å². The fourth-order valence-corrected chi connectivity index (χ4v) is 2.12. The third-order valence-corrected chi connectivity index (χ3v) is 3.04. The van der Waals surface area contributed by atoms with Crippen LogP contribution in [0.2, 0.25) is 0 Å². The molecular weight excluding hydrogens is 240 g/mol. The van der Waals surface area contributed by atoms with Gasteiger partial charge in [0.2, 0.25) is 0 Å². The Hall–Kier alpha value is -2.55. The maximum Gasteiger partial charge on any atom is 0.344 e. The lowest BCUT2D eigenvalue weighted by Crippen LogP contribution is -2.00. The fraction of sp³-hybridized carbons (Fsp3) is 0.0625. The van der Waals surface area contributed by atoms with Crippen molar-refractivity contribution >= 4 is 17.6 Å². The molecule has 0 fully saturated rings. The average molecular weight is 252 g/mol. The van der Waals surface area contributed by atoms with Gasteiger partial charge in [-0.2, -0.15) is 0 Å². The molecule has 0 amide bonds. The van der Waals surface area contributed by atoms with Crippen LogP contribution in [0.4, 0.5) is 0 Å². The lowest BCUT2D eigenvalue weighted by atomic mass is 10.0. The third-order valence-electron chi connectivity index (χ3n) is 3.04. The van der Waals surface area contributed by atoms with Crippen LogP contribution in [0.15, 0.2) is 48.5 Å². The van der Waals surface area contributed by atoms with Gasteiger partial charge >= 0.3 is 5.97 Å². The second kappa shape index (κ2) is 4.61. The van der Waals surface area contributed by atoms with Crippen LogP contribution in [-0.4, -0.2) is 13.1 Å². The van der Waals surface area contributed by atoms with Crippen molar-refractivity contribution < 1.29 is 14.3 Å². The molecule has 0 aliphatic carbocycles. The van der Waals surface area contributed by atoms with Crippen LogP contribution in [0.25, 0.3) is 11.6 Å². The molecule has 0 saturated carbocycles. The van der Waals surface area contributed by atoms with Crippen molar-refractivity contribution in [3.05, 3.63) is 59.7 Å². The van der Waals surface area contributed by atoms with E-state index >= 15 is 0 Å². The molecule has 0 radical (unpaired) electrons. The molecular formula is C16H12O3. The highest BCUT2D eigenvalue weighted by molar-refractivity contribution is 6.26. The Bertz CT molecular complexity index is 671. The van der Waals surface area contributed by atoms with Crippen molar-refractivity contribution in [2.24, 2.45) is 0 Å². The van der Waals surface area contributed by atoms with Gasteiger partial charge in [-0.3, -0.25) is 0 Å². The first-order valence-electron chi connectivity index (χ1n) is 5.96. The normalized spacial score (nSPS) is 15.2. The number of hydrogen-bond acceptors (Lipinski definition) is 3. The van der Waals surface area contributed by atoms with E-state index in [1.54, 1.807) is 19.3 Å². The van der Waals surface area contributed by atoms with E-state index in [2.05, 4.69) is 0 Å². The topological polar surface area (TPSA) is 35.5 Å². The van der Waals surface area contributed by atoms with Crippen molar-refractivity contribution in [2.75, 3.05) is 7.11 Å². The predicted octanol–water partition coefficient (Wildman–Crippen LogP) is 3.15. The maximum atomic E-state index is 11.9. The van der Waals surface area contributed by atoms with Crippen LogP contribution in [0.5, 0.6) is 11.5 Å². The number of para-hydroxylation sites is 2. The van der Waals surface area contributed by atoms with E-state index in [0.29, 0.717) is 11.3 Å². The zero-order valence-electron chi connectivity index (χ0n) is 10.4. The number of carbonyl (C=O) groups is 1. The summed E-state index contributed by atoms with van der Waals surface area (Å²) >= 11 is 0. The minimum absolute atomic E-state index is 0.327. The van der Waals surface area contributed by atoms with Gasteiger partial charge in [-0.25, -0.2) is 4.79 Å². The van der Waals surface area contributed by atoms with Crippen LogP contribution in [-0.2, 0) is 4.79 Å². The monoisotopic (exact) mass is 252 g/mol. The molecule has 0 aromatic heterocycles. The Kier molecular flexibility index (Phi) is 2.80. The van der Waals surface area contributed by atoms with Crippen molar-refractivity contribution in [1.29, 1.82) is 0 Å². The van der Waals surface area contributed by atoms with Gasteiger partial charge in [-0.05, 0) is 18.2 Å². The van der Waals surface area contributed by atoms with Crippen LogP contribution in [0.1, 0.15) is 11.1 Å². The molecule has 0 N–H and O–H groups in total. The number of rotatable bonds is 2. The molecule has 0 spiro atoms. The molecule has 0 atom stereocenters. The largest absolute Gasteiger partial charge is 0.496 e. The summed E-state index contributed by atoms with van der Waals surface area (Å²) in [6.45, 7) is 0. The molecule has 0 bridgehead atoms. The molecule has 1 aliphatic rings. The number of ether oxygens (including phenoxy) is 2. The standard InChI is InChI=1S/C16H12O3/c1-18-14-8-4-2-6-11(14)10-13-12-7-3-5-9-15(12)19-16(13)17/h2-10H,1H3/b13-10+. The van der Waals surface area contributed by atoms with Gasteiger partial charge in [-0.1, -0.05) is 36.4 Å². The number of methoxy groups -OCH3 is 1. The lowest BCUT2D eigenvalue weighted by molar-refractivity contribution is -0.126. The molecule has 0 saturated heterocycles. The Balaban J connectivity index is 2.11. The van der Waals surface area contributed by atoms with E-state index in [0.717, 1.165) is 16.9 Å². The SMILES string of the molecule is COc1ccccc1/C=C1/C(=O)Oc2ccccc21. The minimum Gasteiger partial charge on any atom is -0.496 e. The summed E-state index contributed by atoms with van der Waals surface area (Å²) in [5, 5.41) is 0. The molecule has 1 heterocycles. The summed E-state index contributed by atoms with van der Waals surface area (Å²) in [7, 11) is 1.61. The highest BCUT2D eigenvalue weighted by atomic mass is 16.5. The Morgan fingerprint density at radius 1 is 1.05 bits per heavy atom. The number of carbonyl (C=O) groups excluding carboxylic acids is 1. The quantitative estimate of drug-likeness (QED) is 0.468. The van der Waals surface area contributed by atoms with E-state index < -0.39 is 0 Å². The van der Waals surface area contributed by atoms with Crippen molar-refractivity contribution in [2.45, 2.75) is 0 Å². The Morgan fingerprint density at radius 2 is 1.79 bits per heavy atom. The number of hydrogen-bond donors (Lipinski definition) is 0. The summed E-state index contributed by atoms with van der Waals surface area (Å²) in [5.41, 5.74) is 2.23. The van der Waals surface area contributed by atoms with Crippen LogP contribution in [0, 0.1) is 0 Å². The zero-order valence-corrected chi connectivity index (χ0v) is 10.4. The summed E-state index contributed by atoms with van der Waals surface area (Å²) in [6.07, 6.45) is 1.80. The molecule has 0 unspecified atom stereocenters. The van der Waals surface area contributed by atoms with Gasteiger partial charge < -0.3 is 9.47 Å². The third kappa shape index (κ3) is 1.99. The molecule has 94 valence electrons. The summed E-state index contributed by atoms with van der Waals surface area (Å²) < 4.78 is 10.5. The van der Waals surface area contributed by atoms with Gasteiger partial charge in [0.25, 0.3) is 0 Å². The first-order valence-corrected chi connectivity index (χ1v) is 5.96. The highest BCUT2D eigenvalue weighted by Gasteiger charge is 2.26. The molecule has 2 aromatic carbocycles. The smallest absolute Gasteiger partial charge is 0.344 e. The van der Waals surface area contributed by atoms with E-state index in [1.165, 1.54) is 0 Å². The Morgan fingerprint density at radius 3 is 2.63 bits per heavy atom. The summed E-state index contributed by atoms with van der Waals surface area (Å²) in [6, 6.07) is 15.0. The second-order valence-electron chi connectivity index (χ2n) is 4.19. The number of benzene rings is 2. The van der Waals surface area contributed by atoms with Gasteiger partial charge in [0.15, 0.2) is 0 Å². The van der Waals surface area contributed by atoms with Gasteiger partial charge in [-0.15, -0.1) is 0 Å². The maximum absolute atomic E-state index is 11.9. The highest BCUT2D eigenvalue weighted by Crippen LogP contribution is 2.36. The minimum atomic E-state index is -0.327. The van der Waals surface area contributed by atoms with E-state index in [-0.39, 0.29) is 5.97 Å². The average Bonchev–Trinajstić information content (AvgIpc) is 2.76. The van der Waals surface area contributed by atoms with E-state index in [4.69, 9.17) is 9.47 Å². The van der Waals surface area contributed by atoms with E-state index in [9.17, 15) is 4.79 Å². The van der Waals surface area contributed by atoms with Crippen molar-refractivity contribution in [3.63, 3.8) is 0 Å². The zero-order chi connectivity index (χ0) is 13.2. The van der Waals surface area contributed by atoms with Gasteiger partial charge in [0, 0.05) is 11.1 Å². The molecule has 1 aliphatic heterocycles. The van der Waals surface area contributed by atoms with Crippen LogP contribution in [0.3, 0.4) is 0 Å². The number of esters is 1. The number of fused-ring (bicyclic) bond motifs is 1. The molecule has 2 aromatic rings. The predicted molar refractivity (Wildman–Crippen MR) is 72.9 cm³/mol. The summed E-state index contributed by atoms with van der Waals surface area (Å²) in [4.78, 5) is 11.9. The van der Waals surface area contributed by atoms with Crippen LogP contribution < -0.4 is 9.47 Å². The van der Waals surface area contributed by atoms with Gasteiger partial charge in [0.05, 0.1) is 12.7 Å². The Labute approximate surface area is 111 Å². The van der Waals surface area contributed by atoms with E-state index in [1.807, 2.05) is 42.5 Å². The molecule has 3 nitrogen and oxygen atoms in total. The van der Waals surface area contributed by atoms with Crippen LogP contribution >= 0.6 is 0 Å². The molecule has 19 heavy (non-hydrogen) atoms.